The summed E-state index contributed by atoms with van der Waals surface area (Å²) in [6.07, 6.45) is 1.62. The molecular weight excluding hydrogens is 132 g/mol. The van der Waals surface area contributed by atoms with Gasteiger partial charge in [0.15, 0.2) is 0 Å². The van der Waals surface area contributed by atoms with Crippen LogP contribution < -0.4 is 0 Å². The van der Waals surface area contributed by atoms with E-state index in [1.807, 2.05) is 0 Å². The number of ether oxygens (including phenoxy) is 2. The molecule has 2 unspecified atom stereocenters. The number of rotatable bonds is 3. The molecular formula is C7H12O3. The molecule has 0 aromatic heterocycles. The lowest BCUT2D eigenvalue weighted by Crippen LogP contribution is -2.27. The van der Waals surface area contributed by atoms with Gasteiger partial charge >= 0.3 is 0 Å². The first-order chi connectivity index (χ1) is 4.84. The van der Waals surface area contributed by atoms with Gasteiger partial charge in [0.1, 0.15) is 12.9 Å². The number of hydrogen-bond donors (Lipinski definition) is 1. The Morgan fingerprint density at radius 2 is 2.60 bits per heavy atom. The summed E-state index contributed by atoms with van der Waals surface area (Å²) in [5, 5.41) is 9.27. The molecule has 1 fully saturated rings. The van der Waals surface area contributed by atoms with Gasteiger partial charge in [-0.3, -0.25) is 0 Å². The van der Waals surface area contributed by atoms with Crippen LogP contribution in [0.2, 0.25) is 0 Å². The van der Waals surface area contributed by atoms with Crippen molar-refractivity contribution in [3.8, 4) is 0 Å². The molecule has 3 nitrogen and oxygen atoms in total. The van der Waals surface area contributed by atoms with Crippen LogP contribution in [0, 0.1) is 0 Å². The molecule has 1 saturated heterocycles. The van der Waals surface area contributed by atoms with Gasteiger partial charge < -0.3 is 14.6 Å². The Hall–Kier alpha value is -0.380. The van der Waals surface area contributed by atoms with Crippen molar-refractivity contribution in [3.05, 3.63) is 12.7 Å². The average Bonchev–Trinajstić information content (AvgIpc) is 2.38. The summed E-state index contributed by atoms with van der Waals surface area (Å²) in [5.74, 6) is 0. The summed E-state index contributed by atoms with van der Waals surface area (Å²) >= 11 is 0. The highest BCUT2D eigenvalue weighted by Crippen LogP contribution is 2.10. The highest BCUT2D eigenvalue weighted by Gasteiger charge is 2.23. The molecule has 0 aliphatic carbocycles. The van der Waals surface area contributed by atoms with Crippen molar-refractivity contribution in [1.29, 1.82) is 0 Å². The van der Waals surface area contributed by atoms with Gasteiger partial charge in [-0.1, -0.05) is 6.08 Å². The Morgan fingerprint density at radius 3 is 3.10 bits per heavy atom. The molecule has 10 heavy (non-hydrogen) atoms. The summed E-state index contributed by atoms with van der Waals surface area (Å²) in [6, 6.07) is 0. The minimum Gasteiger partial charge on any atom is -0.390 e. The van der Waals surface area contributed by atoms with Crippen LogP contribution in [0.4, 0.5) is 0 Å². The zero-order valence-corrected chi connectivity index (χ0v) is 5.82. The highest BCUT2D eigenvalue weighted by atomic mass is 16.7. The second-order valence-corrected chi connectivity index (χ2v) is 2.29. The summed E-state index contributed by atoms with van der Waals surface area (Å²) in [5.41, 5.74) is 0. The van der Waals surface area contributed by atoms with E-state index in [2.05, 4.69) is 6.58 Å². The Balaban J connectivity index is 2.24. The first-order valence-corrected chi connectivity index (χ1v) is 3.33. The normalized spacial score (nSPS) is 28.3. The zero-order valence-electron chi connectivity index (χ0n) is 5.82. The van der Waals surface area contributed by atoms with E-state index < -0.39 is 6.10 Å². The molecule has 1 heterocycles. The van der Waals surface area contributed by atoms with Crippen LogP contribution >= 0.6 is 0 Å². The van der Waals surface area contributed by atoms with Gasteiger partial charge in [-0.2, -0.15) is 0 Å². The summed E-state index contributed by atoms with van der Waals surface area (Å²) in [7, 11) is 0. The Morgan fingerprint density at radius 1 is 1.80 bits per heavy atom. The standard InChI is InChI=1S/C7H12O3/c1-2-3-6(8)7-4-9-5-10-7/h2,6-8H,1,3-5H2. The maximum Gasteiger partial charge on any atom is 0.147 e. The lowest BCUT2D eigenvalue weighted by atomic mass is 10.1. The van der Waals surface area contributed by atoms with Gasteiger partial charge in [0, 0.05) is 0 Å². The maximum atomic E-state index is 9.27. The van der Waals surface area contributed by atoms with Crippen molar-refractivity contribution in [2.75, 3.05) is 13.4 Å². The second kappa shape index (κ2) is 3.71. The smallest absolute Gasteiger partial charge is 0.147 e. The first kappa shape index (κ1) is 7.72. The molecule has 1 aliphatic heterocycles. The van der Waals surface area contributed by atoms with E-state index in [0.29, 0.717) is 19.8 Å². The minimum atomic E-state index is -0.458. The molecule has 58 valence electrons. The third-order valence-corrected chi connectivity index (χ3v) is 1.48. The fraction of sp³-hybridized carbons (Fsp3) is 0.714. The van der Waals surface area contributed by atoms with Crippen molar-refractivity contribution in [2.24, 2.45) is 0 Å². The van der Waals surface area contributed by atoms with Gasteiger partial charge in [-0.05, 0) is 6.42 Å². The third-order valence-electron chi connectivity index (χ3n) is 1.48. The molecule has 0 bridgehead atoms. The van der Waals surface area contributed by atoms with Crippen LogP contribution in [0.1, 0.15) is 6.42 Å². The Kier molecular flexibility index (Phi) is 2.86. The maximum absolute atomic E-state index is 9.27. The molecule has 2 atom stereocenters. The van der Waals surface area contributed by atoms with E-state index in [0.717, 1.165) is 0 Å². The van der Waals surface area contributed by atoms with Crippen LogP contribution in [0.15, 0.2) is 12.7 Å². The quantitative estimate of drug-likeness (QED) is 0.579. The van der Waals surface area contributed by atoms with Crippen molar-refractivity contribution in [3.63, 3.8) is 0 Å². The largest absolute Gasteiger partial charge is 0.390 e. The monoisotopic (exact) mass is 144 g/mol. The van der Waals surface area contributed by atoms with E-state index in [1.165, 1.54) is 0 Å². The molecule has 1 rings (SSSR count). The molecule has 0 aromatic carbocycles. The zero-order chi connectivity index (χ0) is 7.40. The second-order valence-electron chi connectivity index (χ2n) is 2.29. The Labute approximate surface area is 60.3 Å². The lowest BCUT2D eigenvalue weighted by molar-refractivity contribution is -0.00827. The predicted octanol–water partition coefficient (Wildman–Crippen LogP) is 0.296. The van der Waals surface area contributed by atoms with Crippen LogP contribution in [-0.2, 0) is 9.47 Å². The van der Waals surface area contributed by atoms with Gasteiger partial charge in [0.05, 0.1) is 12.7 Å². The van der Waals surface area contributed by atoms with Crippen LogP contribution in [-0.4, -0.2) is 30.7 Å². The van der Waals surface area contributed by atoms with E-state index in [4.69, 9.17) is 9.47 Å². The molecule has 0 amide bonds. The molecule has 0 aromatic rings. The van der Waals surface area contributed by atoms with Crippen LogP contribution in [0.5, 0.6) is 0 Å². The number of hydrogen-bond acceptors (Lipinski definition) is 3. The molecule has 1 aliphatic rings. The number of aliphatic hydroxyl groups is 1. The molecule has 0 radical (unpaired) electrons. The van der Waals surface area contributed by atoms with E-state index in [1.54, 1.807) is 6.08 Å². The molecule has 0 saturated carbocycles. The van der Waals surface area contributed by atoms with E-state index in [9.17, 15) is 5.11 Å². The predicted molar refractivity (Wildman–Crippen MR) is 36.5 cm³/mol. The van der Waals surface area contributed by atoms with Gasteiger partial charge in [-0.15, -0.1) is 6.58 Å². The van der Waals surface area contributed by atoms with Gasteiger partial charge in [-0.25, -0.2) is 0 Å². The number of aliphatic hydroxyl groups excluding tert-OH is 1. The van der Waals surface area contributed by atoms with Crippen molar-refractivity contribution >= 4 is 0 Å². The topological polar surface area (TPSA) is 38.7 Å². The van der Waals surface area contributed by atoms with Crippen LogP contribution in [0.25, 0.3) is 0 Å². The minimum absolute atomic E-state index is 0.155. The third kappa shape index (κ3) is 1.80. The molecule has 3 heteroatoms. The van der Waals surface area contributed by atoms with Gasteiger partial charge in [0.2, 0.25) is 0 Å². The lowest BCUT2D eigenvalue weighted by Gasteiger charge is -2.12. The first-order valence-electron chi connectivity index (χ1n) is 3.33. The molecule has 1 N–H and O–H groups in total. The average molecular weight is 144 g/mol. The van der Waals surface area contributed by atoms with E-state index in [-0.39, 0.29) is 6.10 Å². The fourth-order valence-electron chi connectivity index (χ4n) is 0.893. The van der Waals surface area contributed by atoms with Crippen molar-refractivity contribution < 1.29 is 14.6 Å². The molecule has 0 spiro atoms. The van der Waals surface area contributed by atoms with E-state index >= 15 is 0 Å². The van der Waals surface area contributed by atoms with Crippen LogP contribution in [0.3, 0.4) is 0 Å². The summed E-state index contributed by atoms with van der Waals surface area (Å²) in [4.78, 5) is 0. The summed E-state index contributed by atoms with van der Waals surface area (Å²) in [6.45, 7) is 4.32. The van der Waals surface area contributed by atoms with Crippen molar-refractivity contribution in [2.45, 2.75) is 18.6 Å². The SMILES string of the molecule is C=CCC(O)C1COCO1. The Bertz CT molecular complexity index is 107. The summed E-state index contributed by atoms with van der Waals surface area (Å²) < 4.78 is 9.96. The fourth-order valence-corrected chi connectivity index (χ4v) is 0.893. The highest BCUT2D eigenvalue weighted by molar-refractivity contribution is 4.79. The van der Waals surface area contributed by atoms with Crippen molar-refractivity contribution in [1.82, 2.24) is 0 Å². The van der Waals surface area contributed by atoms with Gasteiger partial charge in [0.25, 0.3) is 0 Å².